The van der Waals surface area contributed by atoms with Crippen molar-refractivity contribution in [3.8, 4) is 0 Å². The van der Waals surface area contributed by atoms with E-state index < -0.39 is 0 Å². The van der Waals surface area contributed by atoms with Gasteiger partial charge in [0.2, 0.25) is 0 Å². The van der Waals surface area contributed by atoms with Crippen LogP contribution in [0.15, 0.2) is 4.42 Å². The summed E-state index contributed by atoms with van der Waals surface area (Å²) in [7, 11) is 0. The summed E-state index contributed by atoms with van der Waals surface area (Å²) in [5.74, 6) is 3.06. The second kappa shape index (κ2) is 5.29. The number of carbonyl (C=O) groups excluding carboxylic acids is 1. The van der Waals surface area contributed by atoms with Crippen LogP contribution in [0.1, 0.15) is 66.5 Å². The van der Waals surface area contributed by atoms with Gasteiger partial charge < -0.3 is 4.42 Å². The Hall–Kier alpha value is -1.05. The highest BCUT2D eigenvalue weighted by Gasteiger charge is 2.29. The molecule has 0 N–H and O–H groups in total. The van der Waals surface area contributed by atoms with E-state index in [-0.39, 0.29) is 5.92 Å². The summed E-state index contributed by atoms with van der Waals surface area (Å²) >= 11 is 0. The summed E-state index contributed by atoms with van der Waals surface area (Å²) in [6.07, 6.45) is 5.79. The smallest absolute Gasteiger partial charge is 0.169 e. The van der Waals surface area contributed by atoms with Crippen molar-refractivity contribution >= 4 is 5.78 Å². The average molecular weight is 248 g/mol. The number of hydrogen-bond donors (Lipinski definition) is 0. The predicted molar refractivity (Wildman–Crippen MR) is 73.0 cm³/mol. The zero-order valence-corrected chi connectivity index (χ0v) is 12.0. The molecule has 1 saturated carbocycles. The molecule has 0 bridgehead atoms. The summed E-state index contributed by atoms with van der Waals surface area (Å²) in [6.45, 7) is 8.09. The minimum absolute atomic E-state index is 0.224. The highest BCUT2D eigenvalue weighted by molar-refractivity contribution is 6.00. The van der Waals surface area contributed by atoms with Crippen LogP contribution in [-0.4, -0.2) is 5.78 Å². The van der Waals surface area contributed by atoms with Crippen molar-refractivity contribution in [1.29, 1.82) is 0 Å². The Morgan fingerprint density at radius 3 is 2.17 bits per heavy atom. The first-order valence-corrected chi connectivity index (χ1v) is 7.15. The first kappa shape index (κ1) is 13.4. The average Bonchev–Trinajstić information content (AvgIpc) is 2.63. The molecule has 2 heteroatoms. The van der Waals surface area contributed by atoms with E-state index in [0.717, 1.165) is 41.4 Å². The molecule has 1 aromatic rings. The Morgan fingerprint density at radius 1 is 1.11 bits per heavy atom. The second-order valence-corrected chi connectivity index (χ2v) is 5.70. The molecule has 0 radical (unpaired) electrons. The molecule has 2 nitrogen and oxygen atoms in total. The molecule has 0 atom stereocenters. The molecule has 0 spiro atoms. The van der Waals surface area contributed by atoms with Crippen LogP contribution < -0.4 is 0 Å². The van der Waals surface area contributed by atoms with Gasteiger partial charge in [-0.15, -0.1) is 0 Å². The quantitative estimate of drug-likeness (QED) is 0.731. The number of carbonyl (C=O) groups is 1. The van der Waals surface area contributed by atoms with Gasteiger partial charge in [-0.2, -0.15) is 0 Å². The SMILES string of the molecule is CCC1CCC(C(=O)c2c(C)oc(C)c2C)CC1. The number of furan rings is 1. The molecule has 0 amide bonds. The van der Waals surface area contributed by atoms with Crippen molar-refractivity contribution in [3.05, 3.63) is 22.6 Å². The maximum Gasteiger partial charge on any atom is 0.169 e. The van der Waals surface area contributed by atoms with E-state index in [2.05, 4.69) is 6.92 Å². The zero-order valence-electron chi connectivity index (χ0n) is 12.0. The summed E-state index contributed by atoms with van der Waals surface area (Å²) in [4.78, 5) is 12.6. The summed E-state index contributed by atoms with van der Waals surface area (Å²) in [6, 6.07) is 0. The van der Waals surface area contributed by atoms with E-state index in [1.807, 2.05) is 20.8 Å². The molecule has 18 heavy (non-hydrogen) atoms. The minimum Gasteiger partial charge on any atom is -0.466 e. The van der Waals surface area contributed by atoms with Crippen LogP contribution in [0.4, 0.5) is 0 Å². The van der Waals surface area contributed by atoms with E-state index in [9.17, 15) is 4.79 Å². The van der Waals surface area contributed by atoms with Gasteiger partial charge in [0.25, 0.3) is 0 Å². The van der Waals surface area contributed by atoms with Crippen LogP contribution >= 0.6 is 0 Å². The van der Waals surface area contributed by atoms with Gasteiger partial charge in [0.1, 0.15) is 11.5 Å². The monoisotopic (exact) mass is 248 g/mol. The van der Waals surface area contributed by atoms with Crippen LogP contribution in [0.5, 0.6) is 0 Å². The third-order valence-corrected chi connectivity index (χ3v) is 4.60. The van der Waals surface area contributed by atoms with Gasteiger partial charge in [-0.1, -0.05) is 13.3 Å². The number of aryl methyl sites for hydroxylation is 2. The van der Waals surface area contributed by atoms with Crippen LogP contribution in [0.25, 0.3) is 0 Å². The lowest BCUT2D eigenvalue weighted by atomic mass is 9.77. The lowest BCUT2D eigenvalue weighted by Gasteiger charge is -2.26. The Kier molecular flexibility index (Phi) is 3.94. The molecule has 0 saturated heterocycles. The third kappa shape index (κ3) is 2.38. The normalized spacial score (nSPS) is 24.2. The molecule has 0 aromatic carbocycles. The van der Waals surface area contributed by atoms with E-state index in [0.29, 0.717) is 5.78 Å². The summed E-state index contributed by atoms with van der Waals surface area (Å²) in [5, 5.41) is 0. The Bertz CT molecular complexity index is 434. The predicted octanol–water partition coefficient (Wildman–Crippen LogP) is 4.60. The molecule has 1 aliphatic rings. The van der Waals surface area contributed by atoms with Gasteiger partial charge in [-0.3, -0.25) is 4.79 Å². The maximum atomic E-state index is 12.6. The van der Waals surface area contributed by atoms with Crippen LogP contribution in [-0.2, 0) is 0 Å². The van der Waals surface area contributed by atoms with E-state index in [1.165, 1.54) is 19.3 Å². The van der Waals surface area contributed by atoms with Gasteiger partial charge >= 0.3 is 0 Å². The molecule has 1 aliphatic carbocycles. The first-order chi connectivity index (χ1) is 8.54. The van der Waals surface area contributed by atoms with E-state index in [1.54, 1.807) is 0 Å². The van der Waals surface area contributed by atoms with Crippen molar-refractivity contribution in [2.75, 3.05) is 0 Å². The first-order valence-electron chi connectivity index (χ1n) is 7.15. The van der Waals surface area contributed by atoms with Gasteiger partial charge in [-0.25, -0.2) is 0 Å². The summed E-state index contributed by atoms with van der Waals surface area (Å²) < 4.78 is 5.58. The van der Waals surface area contributed by atoms with Gasteiger partial charge in [0, 0.05) is 11.5 Å². The molecular formula is C16H24O2. The number of Topliss-reactive ketones (excluding diaryl/α,β-unsaturated/α-hetero) is 1. The van der Waals surface area contributed by atoms with Gasteiger partial charge in [0.15, 0.2) is 5.78 Å². The fourth-order valence-corrected chi connectivity index (χ4v) is 3.19. The van der Waals surface area contributed by atoms with Crippen molar-refractivity contribution in [1.82, 2.24) is 0 Å². The fourth-order valence-electron chi connectivity index (χ4n) is 3.19. The molecule has 1 fully saturated rings. The largest absolute Gasteiger partial charge is 0.466 e. The molecular weight excluding hydrogens is 224 g/mol. The van der Waals surface area contributed by atoms with Crippen LogP contribution in [0.2, 0.25) is 0 Å². The zero-order chi connectivity index (χ0) is 13.3. The van der Waals surface area contributed by atoms with Crippen LogP contribution in [0, 0.1) is 32.6 Å². The Balaban J connectivity index is 2.13. The maximum absolute atomic E-state index is 12.6. The molecule has 0 unspecified atom stereocenters. The molecule has 0 aliphatic heterocycles. The molecule has 100 valence electrons. The highest BCUT2D eigenvalue weighted by atomic mass is 16.3. The van der Waals surface area contributed by atoms with E-state index >= 15 is 0 Å². The second-order valence-electron chi connectivity index (χ2n) is 5.70. The van der Waals surface area contributed by atoms with Crippen molar-refractivity contribution in [2.45, 2.75) is 59.8 Å². The molecule has 1 heterocycles. The Morgan fingerprint density at radius 2 is 1.72 bits per heavy atom. The van der Waals surface area contributed by atoms with Crippen LogP contribution in [0.3, 0.4) is 0 Å². The third-order valence-electron chi connectivity index (χ3n) is 4.60. The van der Waals surface area contributed by atoms with Crippen molar-refractivity contribution in [2.24, 2.45) is 11.8 Å². The Labute approximate surface area is 110 Å². The lowest BCUT2D eigenvalue weighted by Crippen LogP contribution is -2.22. The van der Waals surface area contributed by atoms with Gasteiger partial charge in [-0.05, 0) is 52.4 Å². The minimum atomic E-state index is 0.224. The fraction of sp³-hybridized carbons (Fsp3) is 0.688. The number of ketones is 1. The number of rotatable bonds is 3. The highest BCUT2D eigenvalue weighted by Crippen LogP contribution is 2.34. The molecule has 1 aromatic heterocycles. The molecule has 2 rings (SSSR count). The topological polar surface area (TPSA) is 30.2 Å². The van der Waals surface area contributed by atoms with Gasteiger partial charge in [0.05, 0.1) is 5.56 Å². The van der Waals surface area contributed by atoms with Crippen molar-refractivity contribution in [3.63, 3.8) is 0 Å². The number of hydrogen-bond acceptors (Lipinski definition) is 2. The van der Waals surface area contributed by atoms with E-state index in [4.69, 9.17) is 4.42 Å². The standard InChI is InChI=1S/C16H24O2/c1-5-13-6-8-14(9-7-13)16(17)15-10(2)11(3)18-12(15)4/h13-14H,5-9H2,1-4H3. The summed E-state index contributed by atoms with van der Waals surface area (Å²) in [5.41, 5.74) is 1.89. The lowest BCUT2D eigenvalue weighted by molar-refractivity contribution is 0.0869. The van der Waals surface area contributed by atoms with Crippen molar-refractivity contribution < 1.29 is 9.21 Å².